The van der Waals surface area contributed by atoms with Crippen LogP contribution < -0.4 is 15.0 Å². The molecule has 0 fully saturated rings. The highest BCUT2D eigenvalue weighted by Crippen LogP contribution is 2.34. The van der Waals surface area contributed by atoms with Gasteiger partial charge in [0.25, 0.3) is 5.91 Å². The van der Waals surface area contributed by atoms with Crippen molar-refractivity contribution in [1.82, 2.24) is 4.90 Å². The Hall–Kier alpha value is -3.35. The molecule has 0 unspecified atom stereocenters. The van der Waals surface area contributed by atoms with Crippen LogP contribution in [0.25, 0.3) is 0 Å². The zero-order valence-electron chi connectivity index (χ0n) is 17.4. The van der Waals surface area contributed by atoms with Crippen LogP contribution in [0.1, 0.15) is 25.8 Å². The smallest absolute Gasteiger partial charge is 0.265 e. The Balaban J connectivity index is 1.70. The van der Waals surface area contributed by atoms with Crippen molar-refractivity contribution < 1.29 is 19.1 Å². The lowest BCUT2D eigenvalue weighted by atomic mass is 10.1. The van der Waals surface area contributed by atoms with Gasteiger partial charge in [0.2, 0.25) is 11.8 Å². The molecule has 7 heteroatoms. The van der Waals surface area contributed by atoms with Gasteiger partial charge < -0.3 is 15.0 Å². The van der Waals surface area contributed by atoms with Crippen molar-refractivity contribution in [3.05, 3.63) is 54.1 Å². The van der Waals surface area contributed by atoms with E-state index in [-0.39, 0.29) is 30.9 Å². The predicted molar refractivity (Wildman–Crippen MR) is 116 cm³/mol. The van der Waals surface area contributed by atoms with Crippen LogP contribution in [0.5, 0.6) is 5.75 Å². The first kappa shape index (κ1) is 21.4. The third-order valence-corrected chi connectivity index (χ3v) is 5.08. The van der Waals surface area contributed by atoms with E-state index in [0.717, 1.165) is 5.56 Å². The van der Waals surface area contributed by atoms with E-state index < -0.39 is 0 Å². The second kappa shape index (κ2) is 9.91. The van der Waals surface area contributed by atoms with Crippen molar-refractivity contribution >= 4 is 29.1 Å². The van der Waals surface area contributed by atoms with E-state index in [1.54, 1.807) is 23.1 Å². The maximum atomic E-state index is 12.5. The van der Waals surface area contributed by atoms with Crippen molar-refractivity contribution in [2.24, 2.45) is 0 Å². The summed E-state index contributed by atoms with van der Waals surface area (Å²) >= 11 is 0. The van der Waals surface area contributed by atoms with E-state index in [2.05, 4.69) is 5.32 Å². The number of ether oxygens (including phenoxy) is 1. The number of aryl methyl sites for hydroxylation is 1. The van der Waals surface area contributed by atoms with Crippen LogP contribution in [-0.4, -0.2) is 48.9 Å². The van der Waals surface area contributed by atoms with Crippen LogP contribution in [0.15, 0.2) is 48.5 Å². The lowest BCUT2D eigenvalue weighted by Crippen LogP contribution is -2.46. The molecule has 3 rings (SSSR count). The SMILES string of the molecule is CCN(CC)C(=O)CN1C(=O)COc2ccc(NC(=O)CCc3ccccc3)cc21. The molecule has 1 aliphatic rings. The van der Waals surface area contributed by atoms with Crippen LogP contribution in [0.4, 0.5) is 11.4 Å². The van der Waals surface area contributed by atoms with E-state index in [1.807, 2.05) is 44.2 Å². The molecule has 1 heterocycles. The lowest BCUT2D eigenvalue weighted by molar-refractivity contribution is -0.131. The van der Waals surface area contributed by atoms with Gasteiger partial charge in [-0.1, -0.05) is 30.3 Å². The number of benzene rings is 2. The number of anilines is 2. The number of nitrogens with zero attached hydrogens (tertiary/aromatic N) is 2. The third-order valence-electron chi connectivity index (χ3n) is 5.08. The zero-order chi connectivity index (χ0) is 21.5. The van der Waals surface area contributed by atoms with E-state index in [1.165, 1.54) is 4.90 Å². The maximum Gasteiger partial charge on any atom is 0.265 e. The van der Waals surface area contributed by atoms with Gasteiger partial charge in [0, 0.05) is 25.2 Å². The molecule has 2 aromatic rings. The summed E-state index contributed by atoms with van der Waals surface area (Å²) in [6.45, 7) is 4.80. The molecule has 0 saturated heterocycles. The Morgan fingerprint density at radius 1 is 1.10 bits per heavy atom. The zero-order valence-corrected chi connectivity index (χ0v) is 17.4. The number of likely N-dealkylation sites (N-methyl/N-ethyl adjacent to an activating group) is 1. The number of carbonyl (C=O) groups excluding carboxylic acids is 3. The number of fused-ring (bicyclic) bond motifs is 1. The first-order valence-corrected chi connectivity index (χ1v) is 10.2. The lowest BCUT2D eigenvalue weighted by Gasteiger charge is -2.31. The molecule has 0 saturated carbocycles. The summed E-state index contributed by atoms with van der Waals surface area (Å²) in [6.07, 6.45) is 0.990. The average Bonchev–Trinajstić information content (AvgIpc) is 2.76. The molecule has 0 bridgehead atoms. The van der Waals surface area contributed by atoms with Gasteiger partial charge in [0.15, 0.2) is 6.61 Å². The second-order valence-corrected chi connectivity index (χ2v) is 7.05. The Bertz CT molecular complexity index is 910. The summed E-state index contributed by atoms with van der Waals surface area (Å²) in [6, 6.07) is 14.9. The molecule has 1 N–H and O–H groups in total. The van der Waals surface area contributed by atoms with Gasteiger partial charge >= 0.3 is 0 Å². The molecule has 1 aliphatic heterocycles. The fourth-order valence-electron chi connectivity index (χ4n) is 3.39. The molecule has 0 radical (unpaired) electrons. The van der Waals surface area contributed by atoms with Crippen molar-refractivity contribution in [1.29, 1.82) is 0 Å². The van der Waals surface area contributed by atoms with Crippen LogP contribution in [-0.2, 0) is 20.8 Å². The van der Waals surface area contributed by atoms with E-state index in [4.69, 9.17) is 4.74 Å². The molecule has 158 valence electrons. The summed E-state index contributed by atoms with van der Waals surface area (Å²) in [5.41, 5.74) is 2.15. The van der Waals surface area contributed by atoms with E-state index in [9.17, 15) is 14.4 Å². The molecular formula is C23H27N3O4. The number of hydrogen-bond acceptors (Lipinski definition) is 4. The summed E-state index contributed by atoms with van der Waals surface area (Å²) in [5, 5.41) is 2.87. The average molecular weight is 409 g/mol. The fourth-order valence-corrected chi connectivity index (χ4v) is 3.39. The van der Waals surface area contributed by atoms with Crippen molar-refractivity contribution in [2.45, 2.75) is 26.7 Å². The monoisotopic (exact) mass is 409 g/mol. The Kier molecular flexibility index (Phi) is 7.06. The summed E-state index contributed by atoms with van der Waals surface area (Å²) in [4.78, 5) is 40.4. The van der Waals surface area contributed by atoms with E-state index in [0.29, 0.717) is 43.1 Å². The Morgan fingerprint density at radius 3 is 2.53 bits per heavy atom. The van der Waals surface area contributed by atoms with Gasteiger partial charge in [-0.15, -0.1) is 0 Å². The third kappa shape index (κ3) is 5.17. The first-order valence-electron chi connectivity index (χ1n) is 10.2. The Morgan fingerprint density at radius 2 is 1.83 bits per heavy atom. The van der Waals surface area contributed by atoms with Gasteiger partial charge in [0.1, 0.15) is 12.3 Å². The fraction of sp³-hybridized carbons (Fsp3) is 0.348. The standard InChI is InChI=1S/C23H27N3O4/c1-3-25(4-2)22(28)15-26-19-14-18(11-12-20(19)30-16-23(26)29)24-21(27)13-10-17-8-6-5-7-9-17/h5-9,11-12,14H,3-4,10,13,15-16H2,1-2H3,(H,24,27). The Labute approximate surface area is 176 Å². The van der Waals surface area contributed by atoms with Gasteiger partial charge in [-0.2, -0.15) is 0 Å². The van der Waals surface area contributed by atoms with E-state index >= 15 is 0 Å². The quantitative estimate of drug-likeness (QED) is 0.727. The molecule has 0 aliphatic carbocycles. The maximum absolute atomic E-state index is 12.5. The van der Waals surface area contributed by atoms with Crippen molar-refractivity contribution in [2.75, 3.05) is 36.5 Å². The topological polar surface area (TPSA) is 79.0 Å². The predicted octanol–water partition coefficient (Wildman–Crippen LogP) is 2.85. The number of rotatable bonds is 8. The molecule has 30 heavy (non-hydrogen) atoms. The normalized spacial score (nSPS) is 12.7. The number of hydrogen-bond donors (Lipinski definition) is 1. The highest BCUT2D eigenvalue weighted by atomic mass is 16.5. The van der Waals surface area contributed by atoms with Crippen molar-refractivity contribution in [3.8, 4) is 5.75 Å². The minimum absolute atomic E-state index is 0.0533. The van der Waals surface area contributed by atoms with Gasteiger partial charge in [-0.3, -0.25) is 19.3 Å². The van der Waals surface area contributed by atoms with Gasteiger partial charge in [0.05, 0.1) is 5.69 Å². The van der Waals surface area contributed by atoms with Gasteiger partial charge in [-0.25, -0.2) is 0 Å². The van der Waals surface area contributed by atoms with Crippen LogP contribution >= 0.6 is 0 Å². The highest BCUT2D eigenvalue weighted by molar-refractivity contribution is 6.03. The van der Waals surface area contributed by atoms with Crippen LogP contribution in [0.2, 0.25) is 0 Å². The molecule has 0 spiro atoms. The molecule has 7 nitrogen and oxygen atoms in total. The number of nitrogens with one attached hydrogen (secondary N) is 1. The minimum Gasteiger partial charge on any atom is -0.482 e. The minimum atomic E-state index is -0.282. The summed E-state index contributed by atoms with van der Waals surface area (Å²) in [5.74, 6) is -0.00841. The van der Waals surface area contributed by atoms with Gasteiger partial charge in [-0.05, 0) is 44.0 Å². The van der Waals surface area contributed by atoms with Crippen LogP contribution in [0.3, 0.4) is 0 Å². The number of carbonyl (C=O) groups is 3. The molecule has 3 amide bonds. The van der Waals surface area contributed by atoms with Crippen LogP contribution in [0, 0.1) is 0 Å². The van der Waals surface area contributed by atoms with Crippen molar-refractivity contribution in [3.63, 3.8) is 0 Å². The summed E-state index contributed by atoms with van der Waals surface area (Å²) in [7, 11) is 0. The second-order valence-electron chi connectivity index (χ2n) is 7.05. The molecule has 0 atom stereocenters. The highest BCUT2D eigenvalue weighted by Gasteiger charge is 2.29. The summed E-state index contributed by atoms with van der Waals surface area (Å²) < 4.78 is 5.50. The largest absolute Gasteiger partial charge is 0.482 e. The first-order chi connectivity index (χ1) is 14.5. The molecular weight excluding hydrogens is 382 g/mol. The molecule has 0 aromatic heterocycles. The molecule has 2 aromatic carbocycles. The number of amides is 3.